The molecule has 22 heavy (non-hydrogen) atoms. The minimum absolute atomic E-state index is 0.112. The number of nitrogens with zero attached hydrogens (tertiary/aromatic N) is 3. The van der Waals surface area contributed by atoms with E-state index < -0.39 is 21.3 Å². The molecule has 8 heteroatoms. The SMILES string of the molecule is C[C@@]1(c2cc(N)ccc2F)C[S@@]2(=O)=NCCCCN2C(N)=N1. The van der Waals surface area contributed by atoms with Crippen molar-refractivity contribution in [2.75, 3.05) is 24.6 Å². The van der Waals surface area contributed by atoms with Crippen LogP contribution in [0.2, 0.25) is 0 Å². The minimum atomic E-state index is -2.71. The quantitative estimate of drug-likeness (QED) is 0.764. The van der Waals surface area contributed by atoms with Gasteiger partial charge in [-0.15, -0.1) is 0 Å². The Morgan fingerprint density at radius 2 is 2.14 bits per heavy atom. The first-order chi connectivity index (χ1) is 10.3. The van der Waals surface area contributed by atoms with Crippen molar-refractivity contribution in [3.8, 4) is 0 Å². The van der Waals surface area contributed by atoms with Gasteiger partial charge in [-0.1, -0.05) is 0 Å². The Balaban J connectivity index is 2.16. The van der Waals surface area contributed by atoms with E-state index in [1.54, 1.807) is 11.2 Å². The van der Waals surface area contributed by atoms with Crippen molar-refractivity contribution in [2.24, 2.45) is 15.1 Å². The maximum atomic E-state index is 14.3. The maximum absolute atomic E-state index is 14.3. The average molecular weight is 325 g/mol. The number of guanidine groups is 1. The fourth-order valence-corrected chi connectivity index (χ4v) is 5.47. The molecule has 4 N–H and O–H groups in total. The monoisotopic (exact) mass is 325 g/mol. The van der Waals surface area contributed by atoms with Crippen LogP contribution in [0, 0.1) is 5.82 Å². The molecule has 2 aliphatic rings. The number of fused-ring (bicyclic) bond motifs is 1. The molecular formula is C14H20FN5OS. The molecule has 0 unspecified atom stereocenters. The highest BCUT2D eigenvalue weighted by molar-refractivity contribution is 7.92. The maximum Gasteiger partial charge on any atom is 0.204 e. The Labute approximate surface area is 129 Å². The van der Waals surface area contributed by atoms with Crippen molar-refractivity contribution < 1.29 is 8.60 Å². The van der Waals surface area contributed by atoms with Gasteiger partial charge in [-0.2, -0.15) is 0 Å². The summed E-state index contributed by atoms with van der Waals surface area (Å²) in [5.74, 6) is -0.161. The zero-order chi connectivity index (χ0) is 16.0. The van der Waals surface area contributed by atoms with Gasteiger partial charge in [0.05, 0.1) is 12.3 Å². The Morgan fingerprint density at radius 1 is 1.36 bits per heavy atom. The van der Waals surface area contributed by atoms with Gasteiger partial charge < -0.3 is 11.5 Å². The van der Waals surface area contributed by atoms with Gasteiger partial charge in [0.1, 0.15) is 21.3 Å². The van der Waals surface area contributed by atoms with Crippen molar-refractivity contribution in [1.82, 2.24) is 4.31 Å². The third-order valence-corrected chi connectivity index (χ3v) is 6.65. The smallest absolute Gasteiger partial charge is 0.204 e. The van der Waals surface area contributed by atoms with E-state index >= 15 is 0 Å². The first kappa shape index (κ1) is 15.1. The first-order valence-electron chi connectivity index (χ1n) is 7.23. The summed E-state index contributed by atoms with van der Waals surface area (Å²) < 4.78 is 33.4. The van der Waals surface area contributed by atoms with Crippen LogP contribution in [-0.2, 0) is 15.5 Å². The highest BCUT2D eigenvalue weighted by Crippen LogP contribution is 2.36. The molecule has 1 aromatic rings. The zero-order valence-corrected chi connectivity index (χ0v) is 13.3. The van der Waals surface area contributed by atoms with Crippen LogP contribution in [-0.4, -0.2) is 33.3 Å². The molecule has 2 heterocycles. The average Bonchev–Trinajstić information content (AvgIpc) is 2.62. The lowest BCUT2D eigenvalue weighted by Gasteiger charge is -2.38. The van der Waals surface area contributed by atoms with Crippen LogP contribution in [0.5, 0.6) is 0 Å². The van der Waals surface area contributed by atoms with Crippen molar-refractivity contribution in [3.63, 3.8) is 0 Å². The number of benzene rings is 1. The number of rotatable bonds is 1. The van der Waals surface area contributed by atoms with E-state index in [0.717, 1.165) is 12.8 Å². The van der Waals surface area contributed by atoms with Crippen molar-refractivity contribution in [2.45, 2.75) is 25.3 Å². The summed E-state index contributed by atoms with van der Waals surface area (Å²) in [6, 6.07) is 4.31. The van der Waals surface area contributed by atoms with E-state index in [1.165, 1.54) is 18.2 Å². The van der Waals surface area contributed by atoms with Crippen LogP contribution in [0.1, 0.15) is 25.3 Å². The van der Waals surface area contributed by atoms with Crippen molar-refractivity contribution >= 4 is 21.6 Å². The zero-order valence-electron chi connectivity index (χ0n) is 12.5. The third kappa shape index (κ3) is 2.41. The molecule has 0 aromatic heterocycles. The molecule has 0 saturated heterocycles. The largest absolute Gasteiger partial charge is 0.399 e. The van der Waals surface area contributed by atoms with Gasteiger partial charge in [0.15, 0.2) is 0 Å². The second-order valence-electron chi connectivity index (χ2n) is 5.90. The molecule has 0 spiro atoms. The molecule has 0 amide bonds. The molecule has 2 aliphatic heterocycles. The van der Waals surface area contributed by atoms with E-state index in [-0.39, 0.29) is 11.7 Å². The Hall–Kier alpha value is -1.83. The second-order valence-corrected chi connectivity index (χ2v) is 8.10. The summed E-state index contributed by atoms with van der Waals surface area (Å²) >= 11 is 0. The summed E-state index contributed by atoms with van der Waals surface area (Å²) in [5.41, 5.74) is 11.5. The van der Waals surface area contributed by atoms with Gasteiger partial charge in [-0.3, -0.25) is 4.31 Å². The summed E-state index contributed by atoms with van der Waals surface area (Å²) in [5, 5.41) is 0. The lowest BCUT2D eigenvalue weighted by molar-refractivity contribution is 0.464. The van der Waals surface area contributed by atoms with Crippen LogP contribution in [0.4, 0.5) is 10.1 Å². The van der Waals surface area contributed by atoms with Gasteiger partial charge in [-0.05, 0) is 38.0 Å². The lowest BCUT2D eigenvalue weighted by Crippen LogP contribution is -2.52. The molecule has 120 valence electrons. The number of nitrogen functional groups attached to an aromatic ring is 1. The molecule has 3 rings (SSSR count). The van der Waals surface area contributed by atoms with Crippen LogP contribution >= 0.6 is 0 Å². The van der Waals surface area contributed by atoms with Crippen LogP contribution in [0.25, 0.3) is 0 Å². The number of nitrogens with two attached hydrogens (primary N) is 2. The number of aliphatic imine (C=N–C) groups is 1. The van der Waals surface area contributed by atoms with Gasteiger partial charge in [-0.25, -0.2) is 18.0 Å². The van der Waals surface area contributed by atoms with Crippen molar-refractivity contribution in [3.05, 3.63) is 29.6 Å². The van der Waals surface area contributed by atoms with E-state index in [4.69, 9.17) is 11.5 Å². The van der Waals surface area contributed by atoms with Gasteiger partial charge >= 0.3 is 0 Å². The molecule has 0 aliphatic carbocycles. The number of hydrogen-bond donors (Lipinski definition) is 2. The lowest BCUT2D eigenvalue weighted by atomic mass is 9.93. The second kappa shape index (κ2) is 5.12. The highest BCUT2D eigenvalue weighted by Gasteiger charge is 2.42. The van der Waals surface area contributed by atoms with Crippen LogP contribution < -0.4 is 11.5 Å². The summed E-state index contributed by atoms with van der Waals surface area (Å²) in [6.07, 6.45) is 1.73. The highest BCUT2D eigenvalue weighted by atomic mass is 32.2. The fraction of sp³-hybridized carbons (Fsp3) is 0.500. The van der Waals surface area contributed by atoms with E-state index in [1.807, 2.05) is 0 Å². The molecule has 0 radical (unpaired) electrons. The normalized spacial score (nSPS) is 31.7. The molecular weight excluding hydrogens is 305 g/mol. The fourth-order valence-electron chi connectivity index (χ4n) is 2.97. The Morgan fingerprint density at radius 3 is 2.91 bits per heavy atom. The first-order valence-corrected chi connectivity index (χ1v) is 8.87. The molecule has 1 aromatic carbocycles. The van der Waals surface area contributed by atoms with Crippen molar-refractivity contribution in [1.29, 1.82) is 0 Å². The van der Waals surface area contributed by atoms with Gasteiger partial charge in [0, 0.05) is 17.8 Å². The molecule has 2 atom stereocenters. The third-order valence-electron chi connectivity index (χ3n) is 4.06. The minimum Gasteiger partial charge on any atom is -0.399 e. The molecule has 6 nitrogen and oxygen atoms in total. The number of anilines is 1. The molecule has 0 fully saturated rings. The molecule has 0 saturated carbocycles. The Bertz CT molecular complexity index is 756. The van der Waals surface area contributed by atoms with Gasteiger partial charge in [0.2, 0.25) is 5.96 Å². The van der Waals surface area contributed by atoms with E-state index in [0.29, 0.717) is 24.3 Å². The summed E-state index contributed by atoms with van der Waals surface area (Å²) in [4.78, 5) is 4.44. The van der Waals surface area contributed by atoms with Gasteiger partial charge in [0.25, 0.3) is 0 Å². The van der Waals surface area contributed by atoms with Crippen LogP contribution in [0.15, 0.2) is 27.6 Å². The van der Waals surface area contributed by atoms with E-state index in [2.05, 4.69) is 9.36 Å². The predicted octanol–water partition coefficient (Wildman–Crippen LogP) is 1.43. The molecule has 0 bridgehead atoms. The number of halogens is 1. The Kier molecular flexibility index (Phi) is 3.51. The summed E-state index contributed by atoms with van der Waals surface area (Å²) in [7, 11) is -2.71. The standard InChI is InChI=1S/C14H20FN5OS/c1-14(11-8-10(16)4-5-12(11)15)9-22(21)18-6-2-3-7-20(22)13(17)19-14/h4-5,8H,2-3,6-7,9,16H2,1H3,(H2,17,19)/t14-,22+/m0/s1. The van der Waals surface area contributed by atoms with E-state index in [9.17, 15) is 8.60 Å². The van der Waals surface area contributed by atoms with Crippen LogP contribution in [0.3, 0.4) is 0 Å². The summed E-state index contributed by atoms with van der Waals surface area (Å²) in [6.45, 7) is 2.81. The predicted molar refractivity (Wildman–Crippen MR) is 86.0 cm³/mol. The topological polar surface area (TPSA) is 97.1 Å². The number of hydrogen-bond acceptors (Lipinski definition) is 5.